The minimum atomic E-state index is -5.22. The molecule has 1 amide bonds. The highest BCUT2D eigenvalue weighted by Crippen LogP contribution is 2.43. The Labute approximate surface area is 325 Å². The summed E-state index contributed by atoms with van der Waals surface area (Å²) in [5.74, 6) is -0.887. The first-order chi connectivity index (χ1) is 26.3. The lowest BCUT2D eigenvalue weighted by Gasteiger charge is -2.40. The molecule has 56 heavy (non-hydrogen) atoms. The van der Waals surface area contributed by atoms with Crippen molar-refractivity contribution >= 4 is 14.2 Å². The fourth-order valence-corrected chi connectivity index (χ4v) is 7.93. The molecule has 1 aliphatic heterocycles. The van der Waals surface area contributed by atoms with Gasteiger partial charge in [0.15, 0.2) is 8.32 Å². The number of aryl methyl sites for hydroxylation is 1. The largest absolute Gasteiger partial charge is 0.497 e. The van der Waals surface area contributed by atoms with Crippen molar-refractivity contribution in [2.45, 2.75) is 82.5 Å². The van der Waals surface area contributed by atoms with Gasteiger partial charge in [-0.15, -0.1) is 0 Å². The summed E-state index contributed by atoms with van der Waals surface area (Å²) in [5, 5.41) is -0.278. The topological polar surface area (TPSA) is 121 Å². The molecule has 0 radical (unpaired) electrons. The van der Waals surface area contributed by atoms with Crippen molar-refractivity contribution in [2.75, 3.05) is 33.9 Å². The Balaban J connectivity index is 1.53. The van der Waals surface area contributed by atoms with Crippen LogP contribution in [-0.4, -0.2) is 81.0 Å². The van der Waals surface area contributed by atoms with Crippen LogP contribution in [-0.2, 0) is 24.3 Å². The standard InChI is InChI=1S/C41H50F3N3O8Si/c1-27-25-47(38(50)45-36(27)48)35-24-33(55-56(7,8)39(2,3)4)34(54-35)26-46(37(49)41(42,43)44)22-23-53-40(28-12-10-9-11-13-28,29-14-18-31(51-5)19-15-29)30-16-20-32(52-6)21-17-30/h9-21,25,33-35H,22-24,26H2,1-8H3,(H,45,48,50)/t33-,34+,35+/m0/s1. The van der Waals surface area contributed by atoms with Gasteiger partial charge in [-0.3, -0.25) is 19.1 Å². The van der Waals surface area contributed by atoms with E-state index in [1.807, 2.05) is 88.5 Å². The van der Waals surface area contributed by atoms with Crippen molar-refractivity contribution in [1.82, 2.24) is 14.5 Å². The van der Waals surface area contributed by atoms with E-state index in [0.29, 0.717) is 33.1 Å². The van der Waals surface area contributed by atoms with E-state index in [-0.39, 0.29) is 23.6 Å². The van der Waals surface area contributed by atoms with Gasteiger partial charge >= 0.3 is 17.8 Å². The molecule has 5 rings (SSSR count). The summed E-state index contributed by atoms with van der Waals surface area (Å²) < 4.78 is 74.9. The predicted molar refractivity (Wildman–Crippen MR) is 208 cm³/mol. The van der Waals surface area contributed by atoms with Crippen LogP contribution in [0, 0.1) is 6.92 Å². The molecule has 1 N–H and O–H groups in total. The van der Waals surface area contributed by atoms with E-state index in [9.17, 15) is 27.6 Å². The van der Waals surface area contributed by atoms with Crippen LogP contribution in [0.2, 0.25) is 18.1 Å². The normalized spacial score (nSPS) is 17.8. The number of carbonyl (C=O) groups is 1. The second-order valence-electron chi connectivity index (χ2n) is 15.4. The molecule has 0 bridgehead atoms. The zero-order chi connectivity index (χ0) is 41.1. The summed E-state index contributed by atoms with van der Waals surface area (Å²) in [6.07, 6.45) is -6.60. The zero-order valence-electron chi connectivity index (χ0n) is 32.9. The first kappa shape index (κ1) is 42.4. The number of nitrogens with one attached hydrogen (secondary N) is 1. The summed E-state index contributed by atoms with van der Waals surface area (Å²) in [6.45, 7) is 10.3. The van der Waals surface area contributed by atoms with Gasteiger partial charge in [0, 0.05) is 31.3 Å². The zero-order valence-corrected chi connectivity index (χ0v) is 33.9. The van der Waals surface area contributed by atoms with E-state index in [4.69, 9.17) is 23.4 Å². The molecule has 15 heteroatoms. The number of aromatic amines is 1. The third-order valence-electron chi connectivity index (χ3n) is 10.7. The maximum atomic E-state index is 14.4. The average molecular weight is 798 g/mol. The highest BCUT2D eigenvalue weighted by molar-refractivity contribution is 6.74. The van der Waals surface area contributed by atoms with Gasteiger partial charge in [0.2, 0.25) is 0 Å². The fraction of sp³-hybridized carbons (Fsp3) is 0.439. The number of ether oxygens (including phenoxy) is 4. The summed E-state index contributed by atoms with van der Waals surface area (Å²) in [6, 6.07) is 23.6. The molecular weight excluding hydrogens is 748 g/mol. The maximum Gasteiger partial charge on any atom is 0.471 e. The van der Waals surface area contributed by atoms with Gasteiger partial charge < -0.3 is 28.3 Å². The van der Waals surface area contributed by atoms with Gasteiger partial charge in [-0.2, -0.15) is 13.2 Å². The number of alkyl halides is 3. The molecular formula is C41H50F3N3O8Si. The maximum absolute atomic E-state index is 14.4. The van der Waals surface area contributed by atoms with Crippen LogP contribution in [0.1, 0.15) is 55.7 Å². The van der Waals surface area contributed by atoms with Crippen LogP contribution in [0.5, 0.6) is 11.5 Å². The number of benzene rings is 3. The average Bonchev–Trinajstić information content (AvgIpc) is 3.54. The van der Waals surface area contributed by atoms with Gasteiger partial charge in [0.05, 0.1) is 26.9 Å². The number of aromatic nitrogens is 2. The highest BCUT2D eigenvalue weighted by Gasteiger charge is 2.49. The van der Waals surface area contributed by atoms with Gasteiger partial charge in [-0.1, -0.05) is 75.4 Å². The van der Waals surface area contributed by atoms with Crippen molar-refractivity contribution in [2.24, 2.45) is 0 Å². The van der Waals surface area contributed by atoms with E-state index >= 15 is 0 Å². The molecule has 1 saturated heterocycles. The fourth-order valence-electron chi connectivity index (χ4n) is 6.57. The van der Waals surface area contributed by atoms with Gasteiger partial charge in [0.25, 0.3) is 5.56 Å². The van der Waals surface area contributed by atoms with Crippen LogP contribution in [0.4, 0.5) is 13.2 Å². The third kappa shape index (κ3) is 9.12. The van der Waals surface area contributed by atoms with Crippen molar-refractivity contribution in [3.05, 3.63) is 128 Å². The second-order valence-corrected chi connectivity index (χ2v) is 20.1. The summed E-state index contributed by atoms with van der Waals surface area (Å²) in [5.41, 5.74) is -0.380. The molecule has 0 aliphatic carbocycles. The van der Waals surface area contributed by atoms with Crippen LogP contribution in [0.3, 0.4) is 0 Å². The smallest absolute Gasteiger partial charge is 0.471 e. The van der Waals surface area contributed by atoms with Gasteiger partial charge in [-0.25, -0.2) is 4.79 Å². The van der Waals surface area contributed by atoms with Crippen LogP contribution < -0.4 is 20.7 Å². The highest BCUT2D eigenvalue weighted by atomic mass is 28.4. The molecule has 0 saturated carbocycles. The molecule has 3 aromatic carbocycles. The summed E-state index contributed by atoms with van der Waals surface area (Å²) in [4.78, 5) is 41.2. The predicted octanol–water partition coefficient (Wildman–Crippen LogP) is 6.94. The second kappa shape index (κ2) is 16.8. The molecule has 0 unspecified atom stereocenters. The number of H-pyrrole nitrogens is 1. The lowest BCUT2D eigenvalue weighted by molar-refractivity contribution is -0.188. The van der Waals surface area contributed by atoms with Gasteiger partial charge in [-0.05, 0) is 66.0 Å². The number of hydrogen-bond acceptors (Lipinski definition) is 8. The Bertz CT molecular complexity index is 2020. The first-order valence-corrected chi connectivity index (χ1v) is 21.2. The number of hydrogen-bond donors (Lipinski definition) is 1. The lowest BCUT2D eigenvalue weighted by Crippen LogP contribution is -2.51. The van der Waals surface area contributed by atoms with Crippen molar-refractivity contribution in [3.63, 3.8) is 0 Å². The van der Waals surface area contributed by atoms with E-state index < -0.39 is 68.8 Å². The molecule has 4 aromatic rings. The van der Waals surface area contributed by atoms with E-state index in [0.717, 1.165) is 0 Å². The van der Waals surface area contributed by atoms with Crippen molar-refractivity contribution in [3.8, 4) is 11.5 Å². The number of rotatable bonds is 14. The van der Waals surface area contributed by atoms with E-state index in [1.54, 1.807) is 38.5 Å². The third-order valence-corrected chi connectivity index (χ3v) is 15.2. The minimum absolute atomic E-state index is 0.0964. The number of methoxy groups -OCH3 is 2. The van der Waals surface area contributed by atoms with Crippen molar-refractivity contribution < 1.29 is 41.3 Å². The van der Waals surface area contributed by atoms with Gasteiger partial charge in [0.1, 0.15) is 29.4 Å². The monoisotopic (exact) mass is 797 g/mol. The van der Waals surface area contributed by atoms with E-state index in [2.05, 4.69) is 4.98 Å². The van der Waals surface area contributed by atoms with E-state index in [1.165, 1.54) is 17.7 Å². The SMILES string of the molecule is COc1ccc(C(OCCN(C[C@H]2O[C@@H](n3cc(C)c(=O)[nH]c3=O)C[C@@H]2O[Si](C)(C)C(C)(C)C)C(=O)C(F)(F)F)(c2ccccc2)c2ccc(OC)cc2)cc1. The Morgan fingerprint density at radius 3 is 1.93 bits per heavy atom. The first-order valence-electron chi connectivity index (χ1n) is 18.3. The Kier molecular flexibility index (Phi) is 12.7. The number of amides is 1. The molecule has 302 valence electrons. The Hall–Kier alpha value is -4.70. The summed E-state index contributed by atoms with van der Waals surface area (Å²) >= 11 is 0. The minimum Gasteiger partial charge on any atom is -0.497 e. The summed E-state index contributed by atoms with van der Waals surface area (Å²) in [7, 11) is 0.530. The Morgan fingerprint density at radius 1 is 0.893 bits per heavy atom. The molecule has 0 spiro atoms. The number of nitrogens with zero attached hydrogens (tertiary/aromatic N) is 2. The molecule has 1 fully saturated rings. The molecule has 3 atom stereocenters. The quantitative estimate of drug-likeness (QED) is 0.108. The molecule has 1 aromatic heterocycles. The number of halogens is 3. The van der Waals surface area contributed by atoms with Crippen LogP contribution >= 0.6 is 0 Å². The Morgan fingerprint density at radius 2 is 1.43 bits per heavy atom. The van der Waals surface area contributed by atoms with Crippen molar-refractivity contribution in [1.29, 1.82) is 0 Å². The van der Waals surface area contributed by atoms with Crippen LogP contribution in [0.15, 0.2) is 94.6 Å². The molecule has 1 aliphatic rings. The molecule has 11 nitrogen and oxygen atoms in total. The lowest BCUT2D eigenvalue weighted by atomic mass is 9.80. The number of carbonyl (C=O) groups excluding carboxylic acids is 1. The molecule has 2 heterocycles. The van der Waals surface area contributed by atoms with Crippen LogP contribution in [0.25, 0.3) is 0 Å².